The van der Waals surface area contributed by atoms with Crippen molar-refractivity contribution in [2.24, 2.45) is 5.92 Å². The number of likely N-dealkylation sites (tertiary alicyclic amines) is 1. The molecule has 1 saturated heterocycles. The van der Waals surface area contributed by atoms with Gasteiger partial charge < -0.3 is 24.8 Å². The first-order valence-corrected chi connectivity index (χ1v) is 8.78. The summed E-state index contributed by atoms with van der Waals surface area (Å²) in [6, 6.07) is 4.80. The van der Waals surface area contributed by atoms with Gasteiger partial charge in [-0.2, -0.15) is 0 Å². The number of carbonyl (C=O) groups excluding carboxylic acids is 2. The van der Waals surface area contributed by atoms with Gasteiger partial charge in [0.2, 0.25) is 0 Å². The van der Waals surface area contributed by atoms with Crippen LogP contribution in [0.25, 0.3) is 0 Å². The Balaban J connectivity index is 1.95. The Bertz CT molecular complexity index is 654. The first kappa shape index (κ1) is 19.9. The first-order valence-electron chi connectivity index (χ1n) is 8.78. The van der Waals surface area contributed by atoms with Gasteiger partial charge in [-0.1, -0.05) is 0 Å². The van der Waals surface area contributed by atoms with E-state index in [-0.39, 0.29) is 12.0 Å². The Labute approximate surface area is 154 Å². The van der Waals surface area contributed by atoms with Crippen molar-refractivity contribution in [3.05, 3.63) is 23.8 Å². The number of benzene rings is 1. The monoisotopic (exact) mass is 364 g/mol. The van der Waals surface area contributed by atoms with Crippen LogP contribution in [-0.2, 0) is 9.47 Å². The van der Waals surface area contributed by atoms with Crippen LogP contribution in [0.5, 0.6) is 5.75 Å². The second kappa shape index (κ2) is 8.29. The van der Waals surface area contributed by atoms with Gasteiger partial charge in [-0.15, -0.1) is 0 Å². The Morgan fingerprint density at radius 3 is 2.69 bits per heavy atom. The molecule has 0 bridgehead atoms. The van der Waals surface area contributed by atoms with Crippen molar-refractivity contribution in [3.63, 3.8) is 0 Å². The number of ether oxygens (including phenoxy) is 3. The number of amides is 1. The lowest BCUT2D eigenvalue weighted by Gasteiger charge is -2.34. The third-order valence-electron chi connectivity index (χ3n) is 4.08. The zero-order valence-electron chi connectivity index (χ0n) is 15.9. The Hall–Kier alpha value is -2.44. The van der Waals surface area contributed by atoms with Crippen LogP contribution in [0.4, 0.5) is 10.5 Å². The van der Waals surface area contributed by atoms with Gasteiger partial charge in [-0.05, 0) is 51.8 Å². The van der Waals surface area contributed by atoms with Gasteiger partial charge in [0.25, 0.3) is 0 Å². The van der Waals surface area contributed by atoms with Gasteiger partial charge >= 0.3 is 12.1 Å². The summed E-state index contributed by atoms with van der Waals surface area (Å²) in [6.07, 6.45) is 1.55. The summed E-state index contributed by atoms with van der Waals surface area (Å²) < 4.78 is 16.0. The molecule has 26 heavy (non-hydrogen) atoms. The minimum Gasteiger partial charge on any atom is -0.491 e. The topological polar surface area (TPSA) is 91.1 Å². The number of esters is 1. The van der Waals surface area contributed by atoms with Gasteiger partial charge in [0.15, 0.2) is 0 Å². The first-order chi connectivity index (χ1) is 12.2. The van der Waals surface area contributed by atoms with E-state index in [2.05, 4.69) is 0 Å². The zero-order chi connectivity index (χ0) is 19.3. The molecule has 1 fully saturated rings. The normalized spacial score (nSPS) is 17.5. The van der Waals surface area contributed by atoms with Gasteiger partial charge in [0.05, 0.1) is 25.0 Å². The van der Waals surface area contributed by atoms with E-state index in [9.17, 15) is 9.59 Å². The van der Waals surface area contributed by atoms with Crippen LogP contribution in [-0.4, -0.2) is 49.4 Å². The smallest absolute Gasteiger partial charge is 0.410 e. The summed E-state index contributed by atoms with van der Waals surface area (Å²) in [5.74, 6) is 0.184. The molecule has 1 amide bonds. The Kier molecular flexibility index (Phi) is 6.34. The molecular formula is C19H28N2O5. The maximum atomic E-state index is 12.2. The van der Waals surface area contributed by atoms with Gasteiger partial charge in [-0.3, -0.25) is 0 Å². The van der Waals surface area contributed by atoms with E-state index in [0.29, 0.717) is 36.7 Å². The molecule has 0 saturated carbocycles. The fourth-order valence-electron chi connectivity index (χ4n) is 2.81. The Morgan fingerprint density at radius 2 is 2.04 bits per heavy atom. The molecule has 0 radical (unpaired) electrons. The number of nitrogens with two attached hydrogens (primary N) is 1. The fraction of sp³-hybridized carbons (Fsp3) is 0.579. The molecule has 2 rings (SSSR count). The highest BCUT2D eigenvalue weighted by Gasteiger charge is 2.28. The number of anilines is 1. The van der Waals surface area contributed by atoms with Crippen LogP contribution in [0, 0.1) is 5.92 Å². The number of carbonyl (C=O) groups is 2. The van der Waals surface area contributed by atoms with Gasteiger partial charge in [0.1, 0.15) is 11.4 Å². The SMILES string of the molecule is COC(=O)c1ccc(N)c(OCC2CCCN(C(=O)OC(C)(C)C)C2)c1. The summed E-state index contributed by atoms with van der Waals surface area (Å²) in [6.45, 7) is 7.23. The van der Waals surface area contributed by atoms with Crippen LogP contribution in [0.1, 0.15) is 44.0 Å². The van der Waals surface area contributed by atoms with Crippen molar-refractivity contribution in [2.75, 3.05) is 32.5 Å². The molecule has 1 heterocycles. The third kappa shape index (κ3) is 5.54. The summed E-state index contributed by atoms with van der Waals surface area (Å²) in [4.78, 5) is 25.6. The molecular weight excluding hydrogens is 336 g/mol. The molecule has 144 valence electrons. The number of hydrogen-bond acceptors (Lipinski definition) is 6. The van der Waals surface area contributed by atoms with Gasteiger partial charge in [-0.25, -0.2) is 9.59 Å². The van der Waals surface area contributed by atoms with E-state index in [1.807, 2.05) is 20.8 Å². The fourth-order valence-corrected chi connectivity index (χ4v) is 2.81. The quantitative estimate of drug-likeness (QED) is 0.652. The summed E-state index contributed by atoms with van der Waals surface area (Å²) in [5.41, 5.74) is 6.26. The minimum atomic E-state index is -0.511. The standard InChI is InChI=1S/C19H28N2O5/c1-19(2,3)26-18(23)21-9-5-6-13(11-21)12-25-16-10-14(17(22)24-4)7-8-15(16)20/h7-8,10,13H,5-6,9,11-12,20H2,1-4H3. The van der Waals surface area contributed by atoms with Crippen LogP contribution in [0.3, 0.4) is 0 Å². The summed E-state index contributed by atoms with van der Waals surface area (Å²) in [5, 5.41) is 0. The molecule has 0 aliphatic carbocycles. The molecule has 1 unspecified atom stereocenters. The van der Waals surface area contributed by atoms with Crippen LogP contribution < -0.4 is 10.5 Å². The molecule has 1 aliphatic heterocycles. The van der Waals surface area contributed by atoms with E-state index in [4.69, 9.17) is 19.9 Å². The van der Waals surface area contributed by atoms with E-state index in [0.717, 1.165) is 12.8 Å². The van der Waals surface area contributed by atoms with Crippen molar-refractivity contribution in [1.29, 1.82) is 0 Å². The maximum Gasteiger partial charge on any atom is 0.410 e. The Morgan fingerprint density at radius 1 is 1.31 bits per heavy atom. The lowest BCUT2D eigenvalue weighted by Crippen LogP contribution is -2.44. The van der Waals surface area contributed by atoms with E-state index in [1.54, 1.807) is 23.1 Å². The largest absolute Gasteiger partial charge is 0.491 e. The average molecular weight is 364 g/mol. The molecule has 7 nitrogen and oxygen atoms in total. The zero-order valence-corrected chi connectivity index (χ0v) is 15.9. The summed E-state index contributed by atoms with van der Waals surface area (Å²) in [7, 11) is 1.33. The average Bonchev–Trinajstić information content (AvgIpc) is 2.59. The molecule has 1 aliphatic rings. The molecule has 7 heteroatoms. The van der Waals surface area contributed by atoms with Crippen molar-refractivity contribution in [2.45, 2.75) is 39.2 Å². The predicted molar refractivity (Wildman–Crippen MR) is 98.2 cm³/mol. The molecule has 1 aromatic rings. The third-order valence-corrected chi connectivity index (χ3v) is 4.08. The second-order valence-electron chi connectivity index (χ2n) is 7.49. The molecule has 2 N–H and O–H groups in total. The number of rotatable bonds is 4. The summed E-state index contributed by atoms with van der Waals surface area (Å²) >= 11 is 0. The van der Waals surface area contributed by atoms with E-state index >= 15 is 0 Å². The van der Waals surface area contributed by atoms with Crippen LogP contribution >= 0.6 is 0 Å². The molecule has 1 atom stereocenters. The van der Waals surface area contributed by atoms with Crippen molar-refractivity contribution >= 4 is 17.7 Å². The number of nitrogen functional groups attached to an aromatic ring is 1. The lowest BCUT2D eigenvalue weighted by atomic mass is 9.99. The van der Waals surface area contributed by atoms with Crippen molar-refractivity contribution < 1.29 is 23.8 Å². The highest BCUT2D eigenvalue weighted by molar-refractivity contribution is 5.90. The second-order valence-corrected chi connectivity index (χ2v) is 7.49. The van der Waals surface area contributed by atoms with E-state index in [1.165, 1.54) is 7.11 Å². The van der Waals surface area contributed by atoms with Crippen molar-refractivity contribution in [1.82, 2.24) is 4.90 Å². The lowest BCUT2D eigenvalue weighted by molar-refractivity contribution is 0.0139. The molecule has 1 aromatic carbocycles. The van der Waals surface area contributed by atoms with Gasteiger partial charge in [0, 0.05) is 19.0 Å². The number of methoxy groups -OCH3 is 1. The predicted octanol–water partition coefficient (Wildman–Crippen LogP) is 3.08. The number of hydrogen-bond donors (Lipinski definition) is 1. The number of nitrogens with zero attached hydrogens (tertiary/aromatic N) is 1. The van der Waals surface area contributed by atoms with Crippen LogP contribution in [0.15, 0.2) is 18.2 Å². The highest BCUT2D eigenvalue weighted by atomic mass is 16.6. The number of piperidine rings is 1. The molecule has 0 aromatic heterocycles. The minimum absolute atomic E-state index is 0.178. The van der Waals surface area contributed by atoms with Crippen molar-refractivity contribution in [3.8, 4) is 5.75 Å². The van der Waals surface area contributed by atoms with Crippen LogP contribution in [0.2, 0.25) is 0 Å². The van der Waals surface area contributed by atoms with E-state index < -0.39 is 11.6 Å². The molecule has 0 spiro atoms. The highest BCUT2D eigenvalue weighted by Crippen LogP contribution is 2.26. The maximum absolute atomic E-state index is 12.2.